The third-order valence-corrected chi connectivity index (χ3v) is 4.08. The van der Waals surface area contributed by atoms with E-state index in [1.54, 1.807) is 0 Å². The van der Waals surface area contributed by atoms with Crippen molar-refractivity contribution in [3.63, 3.8) is 0 Å². The molecule has 0 spiro atoms. The van der Waals surface area contributed by atoms with Crippen molar-refractivity contribution in [1.29, 1.82) is 0 Å². The third kappa shape index (κ3) is 2.64. The molecule has 2 rings (SSSR count). The number of hydrogen-bond acceptors (Lipinski definition) is 1. The monoisotopic (exact) mass is 332 g/mol. The maximum Gasteiger partial charge on any atom is 0.416 e. The number of benzene rings is 1. The lowest BCUT2D eigenvalue weighted by Crippen LogP contribution is -2.06. The van der Waals surface area contributed by atoms with Gasteiger partial charge in [-0.05, 0) is 23.8 Å². The van der Waals surface area contributed by atoms with Crippen molar-refractivity contribution in [2.75, 3.05) is 0 Å². The quantitative estimate of drug-likeness (QED) is 0.818. The smallest absolute Gasteiger partial charge is 0.416 e. The van der Waals surface area contributed by atoms with E-state index in [4.69, 9.17) is 39.9 Å². The first-order chi connectivity index (χ1) is 8.55. The van der Waals surface area contributed by atoms with E-state index in [1.165, 1.54) is 6.07 Å². The molecule has 2 nitrogen and oxygen atoms in total. The predicted octanol–water partition coefficient (Wildman–Crippen LogP) is 4.33. The van der Waals surface area contributed by atoms with Gasteiger partial charge in [-0.3, -0.25) is 4.79 Å². The summed E-state index contributed by atoms with van der Waals surface area (Å²) in [5.41, 5.74) is -0.896. The Balaban J connectivity index is 2.43. The van der Waals surface area contributed by atoms with Crippen LogP contribution in [-0.4, -0.2) is 15.4 Å². The minimum Gasteiger partial charge on any atom is -0.481 e. The van der Waals surface area contributed by atoms with Crippen molar-refractivity contribution in [2.24, 2.45) is 5.92 Å². The molecule has 1 aromatic carbocycles. The van der Waals surface area contributed by atoms with Crippen molar-refractivity contribution in [1.82, 2.24) is 0 Å². The van der Waals surface area contributed by atoms with E-state index >= 15 is 0 Å². The molecule has 0 amide bonds. The molecule has 0 aliphatic heterocycles. The molecule has 0 aromatic heterocycles. The van der Waals surface area contributed by atoms with Gasteiger partial charge in [-0.2, -0.15) is 13.2 Å². The molecule has 1 saturated carbocycles. The zero-order valence-corrected chi connectivity index (χ0v) is 11.3. The number of aliphatic carboxylic acids is 1. The number of halogens is 6. The van der Waals surface area contributed by atoms with Crippen LogP contribution in [0.4, 0.5) is 13.2 Å². The molecule has 0 unspecified atom stereocenters. The number of carboxylic acid groups (broad SMARTS) is 1. The average molecular weight is 334 g/mol. The molecule has 1 fully saturated rings. The molecule has 8 heteroatoms. The number of hydrogen-bond donors (Lipinski definition) is 1. The fraction of sp³-hybridized carbons (Fsp3) is 0.364. The van der Waals surface area contributed by atoms with Crippen LogP contribution in [0, 0.1) is 5.92 Å². The van der Waals surface area contributed by atoms with E-state index in [1.807, 2.05) is 0 Å². The summed E-state index contributed by atoms with van der Waals surface area (Å²) in [6.07, 6.45) is -4.57. The van der Waals surface area contributed by atoms with Gasteiger partial charge in [0.1, 0.15) is 4.33 Å². The number of carbonyl (C=O) groups is 1. The topological polar surface area (TPSA) is 37.3 Å². The van der Waals surface area contributed by atoms with Gasteiger partial charge in [0.25, 0.3) is 0 Å². The van der Waals surface area contributed by atoms with Crippen molar-refractivity contribution in [3.8, 4) is 0 Å². The van der Waals surface area contributed by atoms with Crippen LogP contribution in [-0.2, 0) is 11.0 Å². The van der Waals surface area contributed by atoms with Crippen LogP contribution in [0.15, 0.2) is 18.2 Å². The van der Waals surface area contributed by atoms with Crippen LogP contribution in [0.25, 0.3) is 0 Å². The van der Waals surface area contributed by atoms with Crippen LogP contribution >= 0.6 is 34.8 Å². The Hall–Kier alpha value is -0.650. The standard InChI is InChI=1S/C11H6Cl3F3O2/c12-6-2-4(1-5(3-6)11(15,16)17)7-8(9(18)19)10(7,13)14/h1-3,7-8H,(H,18,19)/t7-,8+/m1/s1. The van der Waals surface area contributed by atoms with Crippen LogP contribution in [0.1, 0.15) is 17.0 Å². The predicted molar refractivity (Wildman–Crippen MR) is 64.8 cm³/mol. The minimum absolute atomic E-state index is 0.0669. The first kappa shape index (κ1) is 14.8. The highest BCUT2D eigenvalue weighted by atomic mass is 35.5. The third-order valence-electron chi connectivity index (χ3n) is 2.93. The lowest BCUT2D eigenvalue weighted by Gasteiger charge is -2.10. The Bertz CT molecular complexity index is 542. The molecule has 0 radical (unpaired) electrons. The fourth-order valence-electron chi connectivity index (χ4n) is 2.00. The minimum atomic E-state index is -4.57. The van der Waals surface area contributed by atoms with Crippen molar-refractivity contribution < 1.29 is 23.1 Å². The van der Waals surface area contributed by atoms with Gasteiger partial charge in [-0.1, -0.05) is 34.8 Å². The van der Waals surface area contributed by atoms with Crippen molar-refractivity contribution in [3.05, 3.63) is 34.3 Å². The molecule has 104 valence electrons. The first-order valence-corrected chi connectivity index (χ1v) is 6.17. The Morgan fingerprint density at radius 2 is 1.84 bits per heavy atom. The first-order valence-electron chi connectivity index (χ1n) is 5.03. The maximum absolute atomic E-state index is 12.6. The van der Waals surface area contributed by atoms with Crippen molar-refractivity contribution >= 4 is 40.8 Å². The molecule has 19 heavy (non-hydrogen) atoms. The molecule has 1 aliphatic rings. The van der Waals surface area contributed by atoms with Gasteiger partial charge in [0.15, 0.2) is 0 Å². The van der Waals surface area contributed by atoms with Gasteiger partial charge < -0.3 is 5.11 Å². The molecular weight excluding hydrogens is 327 g/mol. The molecule has 2 atom stereocenters. The van der Waals surface area contributed by atoms with Crippen molar-refractivity contribution in [2.45, 2.75) is 16.4 Å². The van der Waals surface area contributed by atoms with Gasteiger partial charge in [0, 0.05) is 10.9 Å². The molecule has 1 aliphatic carbocycles. The molecule has 1 aromatic rings. The molecule has 0 heterocycles. The molecule has 0 saturated heterocycles. The summed E-state index contributed by atoms with van der Waals surface area (Å²) in [6.45, 7) is 0. The second kappa shape index (κ2) is 4.43. The Morgan fingerprint density at radius 1 is 1.26 bits per heavy atom. The summed E-state index contributed by atoms with van der Waals surface area (Å²) in [4.78, 5) is 10.9. The van der Waals surface area contributed by atoms with Crippen LogP contribution in [0.3, 0.4) is 0 Å². The average Bonchev–Trinajstić information content (AvgIpc) is 2.79. The fourth-order valence-corrected chi connectivity index (χ4v) is 3.06. The zero-order chi connectivity index (χ0) is 14.6. The zero-order valence-electron chi connectivity index (χ0n) is 9.01. The second-order valence-electron chi connectivity index (χ2n) is 4.24. The number of alkyl halides is 5. The van der Waals surface area contributed by atoms with E-state index in [0.717, 1.165) is 12.1 Å². The van der Waals surface area contributed by atoms with E-state index in [-0.39, 0.29) is 10.6 Å². The maximum atomic E-state index is 12.6. The summed E-state index contributed by atoms with van der Waals surface area (Å²) in [5.74, 6) is -3.31. The molecule has 0 bridgehead atoms. The van der Waals surface area contributed by atoms with E-state index in [0.29, 0.717) is 0 Å². The largest absolute Gasteiger partial charge is 0.481 e. The Morgan fingerprint density at radius 3 is 2.26 bits per heavy atom. The van der Waals surface area contributed by atoms with Crippen LogP contribution in [0.2, 0.25) is 5.02 Å². The highest BCUT2D eigenvalue weighted by Crippen LogP contribution is 2.65. The Labute approximate surface area is 121 Å². The van der Waals surface area contributed by atoms with E-state index in [2.05, 4.69) is 0 Å². The highest BCUT2D eigenvalue weighted by molar-refractivity contribution is 6.53. The summed E-state index contributed by atoms with van der Waals surface area (Å²) >= 11 is 17.2. The summed E-state index contributed by atoms with van der Waals surface area (Å²) < 4.78 is 36.3. The van der Waals surface area contributed by atoms with Gasteiger partial charge in [-0.15, -0.1) is 0 Å². The van der Waals surface area contributed by atoms with Gasteiger partial charge in [0.05, 0.1) is 11.5 Å². The van der Waals surface area contributed by atoms with Crippen LogP contribution < -0.4 is 0 Å². The van der Waals surface area contributed by atoms with Crippen LogP contribution in [0.5, 0.6) is 0 Å². The lowest BCUT2D eigenvalue weighted by molar-refractivity contribution is -0.138. The second-order valence-corrected chi connectivity index (χ2v) is 6.12. The van der Waals surface area contributed by atoms with Gasteiger partial charge >= 0.3 is 12.1 Å². The highest BCUT2D eigenvalue weighted by Gasteiger charge is 2.68. The van der Waals surface area contributed by atoms with E-state index < -0.39 is 33.9 Å². The Kier molecular flexibility index (Phi) is 3.44. The molecule has 1 N–H and O–H groups in total. The normalized spacial score (nSPS) is 25.2. The SMILES string of the molecule is O=C(O)[C@@H]1[C@@H](c2cc(Cl)cc(C(F)(F)F)c2)C1(Cl)Cl. The summed E-state index contributed by atoms with van der Waals surface area (Å²) in [5, 5.41) is 8.75. The number of carboxylic acids is 1. The lowest BCUT2D eigenvalue weighted by atomic mass is 10.1. The molecular formula is C11H6Cl3F3O2. The van der Waals surface area contributed by atoms with Gasteiger partial charge in [0.2, 0.25) is 0 Å². The van der Waals surface area contributed by atoms with Gasteiger partial charge in [-0.25, -0.2) is 0 Å². The number of rotatable bonds is 2. The summed E-state index contributed by atoms with van der Waals surface area (Å²) in [6, 6.07) is 2.82. The van der Waals surface area contributed by atoms with E-state index in [9.17, 15) is 18.0 Å². The summed E-state index contributed by atoms with van der Waals surface area (Å²) in [7, 11) is 0.